The van der Waals surface area contributed by atoms with E-state index in [0.717, 1.165) is 6.07 Å². The zero-order valence-corrected chi connectivity index (χ0v) is 10.3. The van der Waals surface area contributed by atoms with E-state index in [1.807, 2.05) is 0 Å². The van der Waals surface area contributed by atoms with Crippen LogP contribution in [0.3, 0.4) is 0 Å². The van der Waals surface area contributed by atoms with Gasteiger partial charge in [0.1, 0.15) is 0 Å². The first-order valence-corrected chi connectivity index (χ1v) is 5.84. The molecule has 0 bridgehead atoms. The lowest BCUT2D eigenvalue weighted by atomic mass is 10.1. The van der Waals surface area contributed by atoms with Crippen molar-refractivity contribution in [2.75, 3.05) is 12.4 Å². The monoisotopic (exact) mass is 292 g/mol. The third-order valence-corrected chi connectivity index (χ3v) is 2.63. The quantitative estimate of drug-likeness (QED) is 0.615. The highest BCUT2D eigenvalue weighted by Gasteiger charge is 2.15. The molecular weight excluding hydrogens is 282 g/mol. The van der Waals surface area contributed by atoms with Gasteiger partial charge in [-0.1, -0.05) is 15.9 Å². The highest BCUT2D eigenvalue weighted by molar-refractivity contribution is 9.09. The van der Waals surface area contributed by atoms with E-state index in [-0.39, 0.29) is 17.1 Å². The largest absolute Gasteiger partial charge is 0.494 e. The molecule has 1 aromatic carbocycles. The van der Waals surface area contributed by atoms with Crippen molar-refractivity contribution in [3.63, 3.8) is 0 Å². The summed E-state index contributed by atoms with van der Waals surface area (Å²) in [5, 5.41) is 0.694. The number of ketones is 1. The van der Waals surface area contributed by atoms with E-state index in [2.05, 4.69) is 20.7 Å². The lowest BCUT2D eigenvalue weighted by Gasteiger charge is -2.06. The third kappa shape index (κ3) is 3.01. The van der Waals surface area contributed by atoms with Crippen LogP contribution in [0.1, 0.15) is 23.2 Å². The highest BCUT2D eigenvalue weighted by Crippen LogP contribution is 2.22. The van der Waals surface area contributed by atoms with Gasteiger partial charge < -0.3 is 4.74 Å². The molecule has 0 saturated carbocycles. The molecule has 0 unspecified atom stereocenters. The zero-order valence-electron chi connectivity index (χ0n) is 8.73. The van der Waals surface area contributed by atoms with Crippen LogP contribution in [0.25, 0.3) is 0 Å². The van der Waals surface area contributed by atoms with Crippen molar-refractivity contribution in [2.45, 2.75) is 12.8 Å². The Morgan fingerprint density at radius 1 is 1.44 bits per heavy atom. The number of carbonyl (C=O) groups is 1. The van der Waals surface area contributed by atoms with Gasteiger partial charge in [0, 0.05) is 17.3 Å². The Labute approximate surface area is 101 Å². The molecule has 0 aliphatic rings. The van der Waals surface area contributed by atoms with Gasteiger partial charge in [-0.05, 0) is 18.6 Å². The van der Waals surface area contributed by atoms with Crippen LogP contribution < -0.4 is 4.74 Å². The fraction of sp³-hybridized carbons (Fsp3) is 0.364. The molecule has 0 spiro atoms. The molecule has 0 amide bonds. The van der Waals surface area contributed by atoms with E-state index in [4.69, 9.17) is 0 Å². The second-order valence-electron chi connectivity index (χ2n) is 3.19. The second kappa shape index (κ2) is 5.94. The van der Waals surface area contributed by atoms with Crippen molar-refractivity contribution in [2.24, 2.45) is 0 Å². The first-order chi connectivity index (χ1) is 7.60. The molecule has 0 fully saturated rings. The number of rotatable bonds is 5. The Balaban J connectivity index is 2.97. The maximum atomic E-state index is 13.1. The van der Waals surface area contributed by atoms with Gasteiger partial charge in [-0.15, -0.1) is 0 Å². The summed E-state index contributed by atoms with van der Waals surface area (Å²) in [5.74, 6) is -2.61. The summed E-state index contributed by atoms with van der Waals surface area (Å²) in [6.45, 7) is 0. The predicted octanol–water partition coefficient (Wildman–Crippen LogP) is 3.33. The zero-order chi connectivity index (χ0) is 12.1. The first-order valence-electron chi connectivity index (χ1n) is 4.72. The lowest BCUT2D eigenvalue weighted by molar-refractivity contribution is 0.0981. The average molecular weight is 293 g/mol. The molecule has 0 aromatic heterocycles. The van der Waals surface area contributed by atoms with Crippen molar-refractivity contribution >= 4 is 21.7 Å². The smallest absolute Gasteiger partial charge is 0.200 e. The summed E-state index contributed by atoms with van der Waals surface area (Å²) >= 11 is 3.19. The summed E-state index contributed by atoms with van der Waals surface area (Å²) in [7, 11) is 1.23. The Hall–Kier alpha value is -0.970. The Morgan fingerprint density at radius 3 is 2.69 bits per heavy atom. The minimum absolute atomic E-state index is 0.136. The van der Waals surface area contributed by atoms with Gasteiger partial charge in [-0.25, -0.2) is 4.39 Å². The molecule has 0 radical (unpaired) electrons. The van der Waals surface area contributed by atoms with E-state index >= 15 is 0 Å². The number of alkyl halides is 1. The number of Topliss-reactive ketones (excluding diaryl/α,β-unsaturated/α-hetero) is 1. The van der Waals surface area contributed by atoms with Crippen LogP contribution in [0.2, 0.25) is 0 Å². The van der Waals surface area contributed by atoms with Crippen LogP contribution in [0, 0.1) is 11.6 Å². The van der Waals surface area contributed by atoms with Crippen LogP contribution in [-0.2, 0) is 0 Å². The van der Waals surface area contributed by atoms with Crippen LogP contribution in [0.15, 0.2) is 12.1 Å². The number of methoxy groups -OCH3 is 1. The molecule has 0 atom stereocenters. The third-order valence-electron chi connectivity index (χ3n) is 2.07. The number of carbonyl (C=O) groups excluding carboxylic acids is 1. The van der Waals surface area contributed by atoms with E-state index in [1.165, 1.54) is 13.2 Å². The molecule has 0 aliphatic carbocycles. The van der Waals surface area contributed by atoms with Crippen molar-refractivity contribution in [3.8, 4) is 5.75 Å². The average Bonchev–Trinajstić information content (AvgIpc) is 2.29. The molecule has 5 heteroatoms. The van der Waals surface area contributed by atoms with Crippen LogP contribution in [-0.4, -0.2) is 18.2 Å². The van der Waals surface area contributed by atoms with Gasteiger partial charge >= 0.3 is 0 Å². The molecule has 1 aromatic rings. The van der Waals surface area contributed by atoms with Gasteiger partial charge in [-0.3, -0.25) is 4.79 Å². The van der Waals surface area contributed by atoms with Crippen molar-refractivity contribution in [1.82, 2.24) is 0 Å². The fourth-order valence-corrected chi connectivity index (χ4v) is 1.53. The molecule has 2 nitrogen and oxygen atoms in total. The predicted molar refractivity (Wildman–Crippen MR) is 60.3 cm³/mol. The minimum Gasteiger partial charge on any atom is -0.494 e. The molecule has 0 aliphatic heterocycles. The van der Waals surface area contributed by atoms with E-state index < -0.39 is 11.6 Å². The normalized spacial score (nSPS) is 10.2. The summed E-state index contributed by atoms with van der Waals surface area (Å²) in [6, 6.07) is 2.11. The highest BCUT2D eigenvalue weighted by atomic mass is 79.9. The molecule has 0 N–H and O–H groups in total. The van der Waals surface area contributed by atoms with Crippen molar-refractivity contribution in [1.29, 1.82) is 0 Å². The maximum absolute atomic E-state index is 13.1. The summed E-state index contributed by atoms with van der Waals surface area (Å²) in [6.07, 6.45) is 0.944. The Morgan fingerprint density at radius 2 is 2.12 bits per heavy atom. The van der Waals surface area contributed by atoms with Gasteiger partial charge in [0.25, 0.3) is 0 Å². The standard InChI is InChI=1S/C11H11BrF2O2/c1-16-10-6-7(5-8(13)11(10)14)9(15)3-2-4-12/h5-6H,2-4H2,1H3. The Bertz CT molecular complexity index is 394. The number of ether oxygens (including phenoxy) is 1. The van der Waals surface area contributed by atoms with Gasteiger partial charge in [-0.2, -0.15) is 4.39 Å². The molecule has 0 saturated heterocycles. The van der Waals surface area contributed by atoms with Gasteiger partial charge in [0.15, 0.2) is 17.3 Å². The first kappa shape index (κ1) is 13.1. The molecule has 1 rings (SSSR count). The number of hydrogen-bond donors (Lipinski definition) is 0. The number of benzene rings is 1. The van der Waals surface area contributed by atoms with Crippen LogP contribution >= 0.6 is 15.9 Å². The van der Waals surface area contributed by atoms with E-state index in [0.29, 0.717) is 18.2 Å². The molecule has 16 heavy (non-hydrogen) atoms. The minimum atomic E-state index is -1.07. The van der Waals surface area contributed by atoms with Gasteiger partial charge in [0.2, 0.25) is 5.82 Å². The van der Waals surface area contributed by atoms with Crippen LogP contribution in [0.4, 0.5) is 8.78 Å². The SMILES string of the molecule is COc1cc(C(=O)CCCBr)cc(F)c1F. The van der Waals surface area contributed by atoms with E-state index in [1.54, 1.807) is 0 Å². The number of hydrogen-bond acceptors (Lipinski definition) is 2. The number of halogens is 3. The molecule has 88 valence electrons. The van der Waals surface area contributed by atoms with Crippen LogP contribution in [0.5, 0.6) is 5.75 Å². The van der Waals surface area contributed by atoms with Crippen molar-refractivity contribution < 1.29 is 18.3 Å². The van der Waals surface area contributed by atoms with Crippen molar-refractivity contribution in [3.05, 3.63) is 29.3 Å². The summed E-state index contributed by atoms with van der Waals surface area (Å²) < 4.78 is 30.8. The lowest BCUT2D eigenvalue weighted by Crippen LogP contribution is -2.03. The molecule has 0 heterocycles. The van der Waals surface area contributed by atoms with E-state index in [9.17, 15) is 13.6 Å². The van der Waals surface area contributed by atoms with Gasteiger partial charge in [0.05, 0.1) is 7.11 Å². The summed E-state index contributed by atoms with van der Waals surface area (Å²) in [4.78, 5) is 11.6. The topological polar surface area (TPSA) is 26.3 Å². The maximum Gasteiger partial charge on any atom is 0.200 e. The fourth-order valence-electron chi connectivity index (χ4n) is 1.25. The summed E-state index contributed by atoms with van der Waals surface area (Å²) in [5.41, 5.74) is 0.136. The molecular formula is C11H11BrF2O2. The second-order valence-corrected chi connectivity index (χ2v) is 3.98. The Kier molecular flexibility index (Phi) is 4.86.